The highest BCUT2D eigenvalue weighted by molar-refractivity contribution is 5.85. The van der Waals surface area contributed by atoms with Crippen molar-refractivity contribution in [3.63, 3.8) is 0 Å². The van der Waals surface area contributed by atoms with Gasteiger partial charge in [0.1, 0.15) is 0 Å². The van der Waals surface area contributed by atoms with Crippen molar-refractivity contribution in [3.05, 3.63) is 23.8 Å². The first-order valence-electron chi connectivity index (χ1n) is 6.75. The summed E-state index contributed by atoms with van der Waals surface area (Å²) < 4.78 is 10.4. The van der Waals surface area contributed by atoms with Crippen molar-refractivity contribution in [2.75, 3.05) is 27.8 Å². The molecule has 0 fully saturated rings. The summed E-state index contributed by atoms with van der Waals surface area (Å²) in [6.45, 7) is 2.66. The third kappa shape index (κ3) is 6.69. The lowest BCUT2D eigenvalue weighted by Crippen LogP contribution is -2.37. The molecule has 0 saturated heterocycles. The van der Waals surface area contributed by atoms with E-state index in [4.69, 9.17) is 9.47 Å². The van der Waals surface area contributed by atoms with Crippen LogP contribution in [0.15, 0.2) is 18.2 Å². The molecule has 6 heteroatoms. The van der Waals surface area contributed by atoms with Crippen molar-refractivity contribution in [3.8, 4) is 11.5 Å². The molecular weight excluding hydrogens is 292 g/mol. The number of carbonyl (C=O) groups is 1. The molecule has 21 heavy (non-hydrogen) atoms. The van der Waals surface area contributed by atoms with Crippen molar-refractivity contribution in [2.45, 2.75) is 25.8 Å². The standard InChI is InChI=1S/C15H24N2O3.ClH/c1-11(16-2)10-17-15(18)8-6-12-5-7-13(19-3)14(9-12)20-4;/h5,7,9,11,16H,6,8,10H2,1-4H3,(H,17,18);1H. The predicted molar refractivity (Wildman–Crippen MR) is 86.6 cm³/mol. The fourth-order valence-corrected chi connectivity index (χ4v) is 1.75. The Morgan fingerprint density at radius 3 is 2.48 bits per heavy atom. The molecule has 1 unspecified atom stereocenters. The lowest BCUT2D eigenvalue weighted by Gasteiger charge is -2.12. The van der Waals surface area contributed by atoms with Crippen LogP contribution in [-0.4, -0.2) is 39.8 Å². The molecule has 1 atom stereocenters. The van der Waals surface area contributed by atoms with Gasteiger partial charge in [0.05, 0.1) is 14.2 Å². The second kappa shape index (κ2) is 10.3. The summed E-state index contributed by atoms with van der Waals surface area (Å²) in [5, 5.41) is 5.97. The second-order valence-corrected chi connectivity index (χ2v) is 4.68. The Labute approximate surface area is 132 Å². The zero-order chi connectivity index (χ0) is 15.0. The van der Waals surface area contributed by atoms with E-state index in [1.807, 2.05) is 32.2 Å². The monoisotopic (exact) mass is 316 g/mol. The number of ether oxygens (including phenoxy) is 2. The van der Waals surface area contributed by atoms with Gasteiger partial charge >= 0.3 is 0 Å². The third-order valence-electron chi connectivity index (χ3n) is 3.19. The largest absolute Gasteiger partial charge is 0.493 e. The van der Waals surface area contributed by atoms with E-state index in [9.17, 15) is 4.79 Å². The van der Waals surface area contributed by atoms with Gasteiger partial charge in [0.25, 0.3) is 0 Å². The highest BCUT2D eigenvalue weighted by atomic mass is 35.5. The van der Waals surface area contributed by atoms with E-state index in [2.05, 4.69) is 10.6 Å². The number of aryl methyl sites for hydroxylation is 1. The number of hydrogen-bond donors (Lipinski definition) is 2. The molecule has 0 spiro atoms. The van der Waals surface area contributed by atoms with Gasteiger partial charge in [0, 0.05) is 19.0 Å². The Morgan fingerprint density at radius 1 is 1.24 bits per heavy atom. The van der Waals surface area contributed by atoms with E-state index in [1.54, 1.807) is 14.2 Å². The van der Waals surface area contributed by atoms with Crippen LogP contribution in [-0.2, 0) is 11.2 Å². The van der Waals surface area contributed by atoms with Gasteiger partial charge < -0.3 is 20.1 Å². The molecule has 1 rings (SSSR count). The predicted octanol–water partition coefficient (Wildman–Crippen LogP) is 1.78. The van der Waals surface area contributed by atoms with Crippen LogP contribution in [0.3, 0.4) is 0 Å². The molecule has 0 aliphatic carbocycles. The van der Waals surface area contributed by atoms with Crippen LogP contribution in [0.2, 0.25) is 0 Å². The first-order valence-corrected chi connectivity index (χ1v) is 6.75. The van der Waals surface area contributed by atoms with E-state index in [0.29, 0.717) is 30.9 Å². The quantitative estimate of drug-likeness (QED) is 0.767. The average Bonchev–Trinajstić information content (AvgIpc) is 2.49. The van der Waals surface area contributed by atoms with E-state index < -0.39 is 0 Å². The van der Waals surface area contributed by atoms with Gasteiger partial charge in [-0.2, -0.15) is 0 Å². The molecular formula is C15H25ClN2O3. The summed E-state index contributed by atoms with van der Waals surface area (Å²) in [7, 11) is 5.09. The van der Waals surface area contributed by atoms with Crippen LogP contribution in [0.25, 0.3) is 0 Å². The average molecular weight is 317 g/mol. The van der Waals surface area contributed by atoms with Gasteiger partial charge in [-0.05, 0) is 38.1 Å². The number of halogens is 1. The molecule has 0 bridgehead atoms. The SMILES string of the molecule is CNC(C)CNC(=O)CCc1ccc(OC)c(OC)c1.Cl. The fraction of sp³-hybridized carbons (Fsp3) is 0.533. The Balaban J connectivity index is 0.00000400. The van der Waals surface area contributed by atoms with Gasteiger partial charge in [-0.3, -0.25) is 4.79 Å². The zero-order valence-electron chi connectivity index (χ0n) is 13.1. The summed E-state index contributed by atoms with van der Waals surface area (Å²) in [4.78, 5) is 11.7. The fourth-order valence-electron chi connectivity index (χ4n) is 1.75. The molecule has 0 heterocycles. The highest BCUT2D eigenvalue weighted by Gasteiger charge is 2.07. The highest BCUT2D eigenvalue weighted by Crippen LogP contribution is 2.27. The summed E-state index contributed by atoms with van der Waals surface area (Å²) in [5.74, 6) is 1.44. The maximum atomic E-state index is 11.7. The molecule has 0 radical (unpaired) electrons. The maximum absolute atomic E-state index is 11.7. The minimum atomic E-state index is 0. The molecule has 1 aromatic carbocycles. The van der Waals surface area contributed by atoms with E-state index in [-0.39, 0.29) is 24.4 Å². The number of hydrogen-bond acceptors (Lipinski definition) is 4. The van der Waals surface area contributed by atoms with Gasteiger partial charge in [-0.15, -0.1) is 12.4 Å². The topological polar surface area (TPSA) is 59.6 Å². The number of methoxy groups -OCH3 is 2. The van der Waals surface area contributed by atoms with Crippen molar-refractivity contribution in [2.24, 2.45) is 0 Å². The number of amides is 1. The molecule has 1 aromatic rings. The molecule has 1 amide bonds. The van der Waals surface area contributed by atoms with Crippen molar-refractivity contribution < 1.29 is 14.3 Å². The maximum Gasteiger partial charge on any atom is 0.220 e. The van der Waals surface area contributed by atoms with Gasteiger partial charge in [-0.25, -0.2) is 0 Å². The van der Waals surface area contributed by atoms with Crippen molar-refractivity contribution in [1.29, 1.82) is 0 Å². The Kier molecular flexibility index (Phi) is 9.58. The lowest BCUT2D eigenvalue weighted by molar-refractivity contribution is -0.121. The Bertz CT molecular complexity index is 441. The minimum Gasteiger partial charge on any atom is -0.493 e. The van der Waals surface area contributed by atoms with Crippen LogP contribution in [0.4, 0.5) is 0 Å². The smallest absolute Gasteiger partial charge is 0.220 e. The van der Waals surface area contributed by atoms with E-state index in [1.165, 1.54) is 0 Å². The molecule has 2 N–H and O–H groups in total. The van der Waals surface area contributed by atoms with Gasteiger partial charge in [0.2, 0.25) is 5.91 Å². The summed E-state index contributed by atoms with van der Waals surface area (Å²) in [6, 6.07) is 5.99. The first kappa shape index (κ1) is 19.5. The van der Waals surface area contributed by atoms with Gasteiger partial charge in [-0.1, -0.05) is 6.07 Å². The minimum absolute atomic E-state index is 0. The molecule has 0 aromatic heterocycles. The Hall–Kier alpha value is -1.46. The first-order chi connectivity index (χ1) is 9.60. The van der Waals surface area contributed by atoms with Crippen LogP contribution >= 0.6 is 12.4 Å². The van der Waals surface area contributed by atoms with Crippen LogP contribution < -0.4 is 20.1 Å². The second-order valence-electron chi connectivity index (χ2n) is 4.68. The molecule has 120 valence electrons. The Morgan fingerprint density at radius 2 is 1.90 bits per heavy atom. The summed E-state index contributed by atoms with van der Waals surface area (Å²) in [6.07, 6.45) is 1.14. The number of benzene rings is 1. The lowest BCUT2D eigenvalue weighted by atomic mass is 10.1. The van der Waals surface area contributed by atoms with Crippen LogP contribution in [0, 0.1) is 0 Å². The van der Waals surface area contributed by atoms with Gasteiger partial charge in [0.15, 0.2) is 11.5 Å². The van der Waals surface area contributed by atoms with Crippen molar-refractivity contribution in [1.82, 2.24) is 10.6 Å². The number of nitrogens with one attached hydrogen (secondary N) is 2. The van der Waals surface area contributed by atoms with E-state index >= 15 is 0 Å². The summed E-state index contributed by atoms with van der Waals surface area (Å²) in [5.41, 5.74) is 1.06. The third-order valence-corrected chi connectivity index (χ3v) is 3.19. The molecule has 0 aliphatic rings. The number of carbonyl (C=O) groups excluding carboxylic acids is 1. The van der Waals surface area contributed by atoms with Crippen LogP contribution in [0.1, 0.15) is 18.9 Å². The van der Waals surface area contributed by atoms with Crippen LogP contribution in [0.5, 0.6) is 11.5 Å². The molecule has 5 nitrogen and oxygen atoms in total. The molecule has 0 aliphatic heterocycles. The normalized spacial score (nSPS) is 11.2. The number of rotatable bonds is 8. The molecule has 0 saturated carbocycles. The zero-order valence-corrected chi connectivity index (χ0v) is 13.9. The number of likely N-dealkylation sites (N-methyl/N-ethyl adjacent to an activating group) is 1. The summed E-state index contributed by atoms with van der Waals surface area (Å²) >= 11 is 0. The van der Waals surface area contributed by atoms with E-state index in [0.717, 1.165) is 5.56 Å². The van der Waals surface area contributed by atoms with Crippen molar-refractivity contribution >= 4 is 18.3 Å².